The number of aromatic nitrogens is 2. The molecule has 4 atom stereocenters. The number of ether oxygens (including phenoxy) is 1. The summed E-state index contributed by atoms with van der Waals surface area (Å²) in [4.78, 5) is 26.2. The van der Waals surface area contributed by atoms with Gasteiger partial charge in [0.1, 0.15) is 12.2 Å². The van der Waals surface area contributed by atoms with Gasteiger partial charge >= 0.3 is 14.3 Å². The fraction of sp³-hybridized carbons (Fsp3) is 0.750. The molecule has 11 heteroatoms. The molecule has 1 aliphatic heterocycles. The summed E-state index contributed by atoms with van der Waals surface area (Å²) in [5, 5.41) is 10.2. The fourth-order valence-corrected chi connectivity index (χ4v) is 15.4. The van der Waals surface area contributed by atoms with E-state index in [4.69, 9.17) is 13.3 Å². The van der Waals surface area contributed by atoms with Gasteiger partial charge in [0.05, 0.1) is 6.61 Å². The topological polar surface area (TPSA) is 103 Å². The third kappa shape index (κ3) is 5.89. The van der Waals surface area contributed by atoms with Gasteiger partial charge in [-0.05, 0) is 29.1 Å². The van der Waals surface area contributed by atoms with Crippen molar-refractivity contribution in [1.29, 1.82) is 0 Å². The Morgan fingerprint density at radius 3 is 2.20 bits per heavy atom. The summed E-state index contributed by atoms with van der Waals surface area (Å²) in [7, 11) is -4.89. The fourth-order valence-electron chi connectivity index (χ4n) is 4.94. The zero-order valence-electron chi connectivity index (χ0n) is 22.3. The molecule has 1 fully saturated rings. The Labute approximate surface area is 210 Å². The lowest BCUT2D eigenvalue weighted by atomic mass is 9.96. The molecule has 0 aliphatic carbocycles. The lowest BCUT2D eigenvalue weighted by molar-refractivity contribution is -0.0544. The molecule has 2 rings (SSSR count). The van der Waals surface area contributed by atoms with E-state index in [-0.39, 0.29) is 11.1 Å². The Morgan fingerprint density at radius 1 is 1.20 bits per heavy atom. The summed E-state index contributed by atoms with van der Waals surface area (Å²) in [5.74, 6) is 5.18. The molecule has 0 spiro atoms. The molecule has 1 aromatic heterocycles. The van der Waals surface area contributed by atoms with Gasteiger partial charge in [0, 0.05) is 12.3 Å². The molecule has 1 saturated heterocycles. The molecular formula is C24H41FN2O6Si2. The monoisotopic (exact) mass is 528 g/mol. The third-order valence-corrected chi connectivity index (χ3v) is 15.6. The molecule has 0 saturated carbocycles. The van der Waals surface area contributed by atoms with Crippen molar-refractivity contribution in [2.45, 2.75) is 109 Å². The molecular weight excluding hydrogens is 487 g/mol. The number of alkyl halides is 1. The smallest absolute Gasteiger partial charge is 0.333 e. The van der Waals surface area contributed by atoms with Crippen molar-refractivity contribution in [3.63, 3.8) is 0 Å². The lowest BCUT2D eigenvalue weighted by Crippen LogP contribution is -2.59. The van der Waals surface area contributed by atoms with E-state index in [2.05, 4.69) is 44.5 Å². The summed E-state index contributed by atoms with van der Waals surface area (Å²) in [6.07, 6.45) is -2.73. The zero-order chi connectivity index (χ0) is 26.7. The van der Waals surface area contributed by atoms with Gasteiger partial charge in [0.25, 0.3) is 5.56 Å². The van der Waals surface area contributed by atoms with Gasteiger partial charge in [-0.15, -0.1) is 5.92 Å². The van der Waals surface area contributed by atoms with Gasteiger partial charge in [0.2, 0.25) is 5.67 Å². The molecule has 1 aromatic rings. The third-order valence-electron chi connectivity index (χ3n) is 6.57. The van der Waals surface area contributed by atoms with Crippen LogP contribution in [0.5, 0.6) is 0 Å². The van der Waals surface area contributed by atoms with E-state index in [0.717, 1.165) is 10.6 Å². The van der Waals surface area contributed by atoms with Crippen LogP contribution in [0.15, 0.2) is 21.9 Å². The van der Waals surface area contributed by atoms with E-state index in [1.807, 2.05) is 27.7 Å². The number of halogens is 1. The minimum absolute atomic E-state index is 0.0250. The van der Waals surface area contributed by atoms with Crippen LogP contribution in [0.4, 0.5) is 4.39 Å². The summed E-state index contributed by atoms with van der Waals surface area (Å²) < 4.78 is 37.5. The number of aromatic amines is 1. The molecule has 0 bridgehead atoms. The molecule has 0 radical (unpaired) electrons. The van der Waals surface area contributed by atoms with Crippen LogP contribution in [0.2, 0.25) is 22.2 Å². The van der Waals surface area contributed by atoms with Gasteiger partial charge in [-0.25, -0.2) is 9.18 Å². The van der Waals surface area contributed by atoms with Crippen molar-refractivity contribution < 1.29 is 22.8 Å². The number of hydrogen-bond donors (Lipinski definition) is 2. The van der Waals surface area contributed by atoms with Crippen molar-refractivity contribution in [3.05, 3.63) is 33.1 Å². The number of aliphatic hydroxyl groups is 1. The second-order valence-corrected chi connectivity index (χ2v) is 19.0. The van der Waals surface area contributed by atoms with Gasteiger partial charge < -0.3 is 18.4 Å². The molecule has 2 N–H and O–H groups in total. The average molecular weight is 529 g/mol. The number of nitrogens with one attached hydrogen (secondary N) is 1. The number of rotatable bonds is 10. The highest BCUT2D eigenvalue weighted by Gasteiger charge is 2.63. The lowest BCUT2D eigenvalue weighted by Gasteiger charge is -2.45. The largest absolute Gasteiger partial charge is 0.437 e. The first-order valence-corrected chi connectivity index (χ1v) is 16.1. The number of nitrogens with zero attached hydrogens (tertiary/aromatic N) is 1. The van der Waals surface area contributed by atoms with Gasteiger partial charge in [-0.3, -0.25) is 14.3 Å². The SMILES string of the molecule is CC#CC1(F)C(O[Si](O[SiH](C(C)C)C(C)C)(C(C)C)C(C)C)C(CO)OC1n1ccc(=O)[nH]c1=O. The standard InChI is InChI=1S/C24H41FN2O6Si2/c1-10-12-24(25)21(19(14-28)31-22(24)27-13-11-20(29)26-23(27)30)32-35(17(6)7,18(8)9)33-34(15(2)3)16(4)5/h11,13,15-19,21-22,28,34H,14H2,1-9H3,(H,26,29,30). The molecule has 2 heterocycles. The second kappa shape index (κ2) is 11.7. The summed E-state index contributed by atoms with van der Waals surface area (Å²) in [5.41, 5.74) is -3.28. The van der Waals surface area contributed by atoms with Crippen LogP contribution < -0.4 is 11.2 Å². The van der Waals surface area contributed by atoms with Crippen LogP contribution in [-0.2, 0) is 13.3 Å². The summed E-state index contributed by atoms with van der Waals surface area (Å²) in [6, 6.07) is 1.11. The summed E-state index contributed by atoms with van der Waals surface area (Å²) in [6.45, 7) is 17.6. The van der Waals surface area contributed by atoms with E-state index in [1.54, 1.807) is 0 Å². The number of aliphatic hydroxyl groups excluding tert-OH is 1. The van der Waals surface area contributed by atoms with Crippen LogP contribution in [0.1, 0.15) is 68.5 Å². The molecule has 35 heavy (non-hydrogen) atoms. The van der Waals surface area contributed by atoms with Gasteiger partial charge in [-0.2, -0.15) is 0 Å². The maximum absolute atomic E-state index is 16.9. The van der Waals surface area contributed by atoms with Crippen molar-refractivity contribution >= 4 is 17.6 Å². The van der Waals surface area contributed by atoms with E-state index in [1.165, 1.54) is 13.1 Å². The molecule has 0 aromatic carbocycles. The highest BCUT2D eigenvalue weighted by Crippen LogP contribution is 2.47. The van der Waals surface area contributed by atoms with Crippen molar-refractivity contribution in [2.75, 3.05) is 6.61 Å². The molecule has 198 valence electrons. The Bertz CT molecular complexity index is 1020. The normalized spacial score (nSPS) is 25.2. The Kier molecular flexibility index (Phi) is 9.89. The minimum Gasteiger partial charge on any atom is -0.437 e. The maximum atomic E-state index is 16.9. The Morgan fingerprint density at radius 2 is 1.77 bits per heavy atom. The van der Waals surface area contributed by atoms with E-state index in [0.29, 0.717) is 11.1 Å². The van der Waals surface area contributed by atoms with E-state index in [9.17, 15) is 14.7 Å². The molecule has 0 amide bonds. The molecule has 8 nitrogen and oxygen atoms in total. The Balaban J connectivity index is 2.66. The van der Waals surface area contributed by atoms with E-state index < -0.39 is 59.6 Å². The number of hydrogen-bond acceptors (Lipinski definition) is 6. The number of H-pyrrole nitrogens is 1. The quantitative estimate of drug-likeness (QED) is 0.357. The Hall–Kier alpha value is -1.56. The second-order valence-electron chi connectivity index (χ2n) is 10.5. The first kappa shape index (κ1) is 29.7. The first-order chi connectivity index (χ1) is 16.2. The minimum atomic E-state index is -3.12. The first-order valence-electron chi connectivity index (χ1n) is 12.3. The van der Waals surface area contributed by atoms with Crippen LogP contribution in [0, 0.1) is 11.8 Å². The van der Waals surface area contributed by atoms with Crippen LogP contribution in [0.25, 0.3) is 0 Å². The zero-order valence-corrected chi connectivity index (χ0v) is 24.4. The molecule has 4 unspecified atom stereocenters. The highest BCUT2D eigenvalue weighted by atomic mass is 28.4. The van der Waals surface area contributed by atoms with Crippen LogP contribution >= 0.6 is 0 Å². The highest BCUT2D eigenvalue weighted by molar-refractivity contribution is 6.78. The van der Waals surface area contributed by atoms with Crippen LogP contribution in [0.3, 0.4) is 0 Å². The van der Waals surface area contributed by atoms with Gasteiger partial charge in [0.15, 0.2) is 15.3 Å². The predicted octanol–water partition coefficient (Wildman–Crippen LogP) is 3.37. The maximum Gasteiger partial charge on any atom is 0.333 e. The van der Waals surface area contributed by atoms with Crippen molar-refractivity contribution in [2.24, 2.45) is 0 Å². The van der Waals surface area contributed by atoms with E-state index >= 15 is 4.39 Å². The predicted molar refractivity (Wildman–Crippen MR) is 139 cm³/mol. The molecule has 1 aliphatic rings. The van der Waals surface area contributed by atoms with Crippen molar-refractivity contribution in [1.82, 2.24) is 9.55 Å². The van der Waals surface area contributed by atoms with Crippen molar-refractivity contribution in [3.8, 4) is 11.8 Å². The van der Waals surface area contributed by atoms with Gasteiger partial charge in [-0.1, -0.05) is 61.3 Å². The van der Waals surface area contributed by atoms with Crippen LogP contribution in [-0.4, -0.2) is 56.7 Å². The summed E-state index contributed by atoms with van der Waals surface area (Å²) >= 11 is 0. The average Bonchev–Trinajstić information content (AvgIpc) is 3.01.